The Morgan fingerprint density at radius 1 is 0.914 bits per heavy atom. The number of hydrogen-bond donors (Lipinski definition) is 1. The van der Waals surface area contributed by atoms with Gasteiger partial charge in [0.2, 0.25) is 0 Å². The van der Waals surface area contributed by atoms with Gasteiger partial charge in [-0.05, 0) is 84.1 Å². The molecule has 0 aliphatic heterocycles. The number of nitrogens with zero attached hydrogens (tertiary/aromatic N) is 1. The molecule has 4 rings (SSSR count). The fourth-order valence-corrected chi connectivity index (χ4v) is 6.31. The van der Waals surface area contributed by atoms with Crippen molar-refractivity contribution in [1.82, 2.24) is 4.90 Å². The first-order valence-corrected chi connectivity index (χ1v) is 14.0. The minimum Gasteiger partial charge on any atom is -0.316 e. The molecule has 0 saturated heterocycles. The molecule has 0 spiro atoms. The molecule has 1 saturated carbocycles. The summed E-state index contributed by atoms with van der Waals surface area (Å²) in [6, 6.07) is 19.8. The van der Waals surface area contributed by atoms with Crippen molar-refractivity contribution in [2.45, 2.75) is 90.6 Å². The highest BCUT2D eigenvalue weighted by Crippen LogP contribution is 2.37. The quantitative estimate of drug-likeness (QED) is 0.353. The van der Waals surface area contributed by atoms with Gasteiger partial charge in [0, 0.05) is 16.6 Å². The molecule has 1 aliphatic rings. The first kappa shape index (κ1) is 25.5. The molecule has 2 aromatic carbocycles. The average Bonchev–Trinajstić information content (AvgIpc) is 3.27. The van der Waals surface area contributed by atoms with E-state index in [-0.39, 0.29) is 12.1 Å². The zero-order valence-electron chi connectivity index (χ0n) is 21.9. The normalized spacial score (nSPS) is 18.1. The van der Waals surface area contributed by atoms with Crippen LogP contribution in [0.25, 0.3) is 0 Å². The van der Waals surface area contributed by atoms with Crippen LogP contribution in [0.5, 0.6) is 0 Å². The van der Waals surface area contributed by atoms with Crippen LogP contribution in [0.1, 0.15) is 98.3 Å². The maximum atomic E-state index is 14.0. The highest BCUT2D eigenvalue weighted by molar-refractivity contribution is 7.10. The van der Waals surface area contributed by atoms with E-state index in [0.29, 0.717) is 24.3 Å². The van der Waals surface area contributed by atoms with Gasteiger partial charge in [-0.2, -0.15) is 0 Å². The van der Waals surface area contributed by atoms with Crippen LogP contribution in [0, 0.1) is 6.92 Å². The van der Waals surface area contributed by atoms with Crippen molar-refractivity contribution in [3.05, 3.63) is 87.1 Å². The number of para-hydroxylation sites is 1. The topological polar surface area (TPSA) is 32.3 Å². The lowest BCUT2D eigenvalue weighted by molar-refractivity contribution is 0.159. The van der Waals surface area contributed by atoms with E-state index in [1.807, 2.05) is 0 Å². The van der Waals surface area contributed by atoms with Crippen LogP contribution in [0.4, 0.5) is 10.5 Å². The van der Waals surface area contributed by atoms with Crippen LogP contribution in [0.2, 0.25) is 0 Å². The maximum absolute atomic E-state index is 14.0. The number of amides is 2. The summed E-state index contributed by atoms with van der Waals surface area (Å²) in [5.41, 5.74) is 6.14. The molecule has 2 amide bonds. The van der Waals surface area contributed by atoms with Crippen LogP contribution >= 0.6 is 11.3 Å². The Hall–Kier alpha value is -2.59. The summed E-state index contributed by atoms with van der Waals surface area (Å²) in [5.74, 6) is 1.28. The second-order valence-electron chi connectivity index (χ2n) is 10.6. The number of nitrogens with one attached hydrogen (secondary N) is 1. The molecule has 0 radical (unpaired) electrons. The van der Waals surface area contributed by atoms with Gasteiger partial charge in [-0.1, -0.05) is 76.2 Å². The second kappa shape index (κ2) is 11.4. The summed E-state index contributed by atoms with van der Waals surface area (Å²) in [6.45, 7) is 11.6. The number of anilines is 1. The summed E-state index contributed by atoms with van der Waals surface area (Å²) in [6.07, 6.45) is 4.34. The molecule has 1 heterocycles. The van der Waals surface area contributed by atoms with Crippen LogP contribution in [0.3, 0.4) is 0 Å². The average molecular weight is 489 g/mol. The van der Waals surface area contributed by atoms with Crippen molar-refractivity contribution in [1.29, 1.82) is 0 Å². The summed E-state index contributed by atoms with van der Waals surface area (Å²) in [5, 5.41) is 5.54. The van der Waals surface area contributed by atoms with Gasteiger partial charge in [0.1, 0.15) is 0 Å². The highest BCUT2D eigenvalue weighted by Gasteiger charge is 2.31. The molecular formula is C31H40N2OS. The number of rotatable bonds is 7. The van der Waals surface area contributed by atoms with E-state index in [2.05, 4.69) is 105 Å². The van der Waals surface area contributed by atoms with Gasteiger partial charge in [0.05, 0.1) is 6.54 Å². The molecule has 3 nitrogen and oxygen atoms in total. The molecular weight excluding hydrogens is 448 g/mol. The Kier molecular flexibility index (Phi) is 8.33. The monoisotopic (exact) mass is 488 g/mol. The third-order valence-electron chi connectivity index (χ3n) is 7.56. The summed E-state index contributed by atoms with van der Waals surface area (Å²) in [4.78, 5) is 17.4. The van der Waals surface area contributed by atoms with Crippen LogP contribution in [-0.2, 0) is 6.54 Å². The summed E-state index contributed by atoms with van der Waals surface area (Å²) in [7, 11) is 0. The number of carbonyl (C=O) groups excluding carboxylic acids is 1. The van der Waals surface area contributed by atoms with Gasteiger partial charge >= 0.3 is 6.03 Å². The third kappa shape index (κ3) is 5.98. The predicted octanol–water partition coefficient (Wildman–Crippen LogP) is 9.06. The Balaban J connectivity index is 1.58. The van der Waals surface area contributed by atoms with Gasteiger partial charge in [0.15, 0.2) is 0 Å². The predicted molar refractivity (Wildman–Crippen MR) is 150 cm³/mol. The Bertz CT molecular complexity index is 1080. The fourth-order valence-electron chi connectivity index (χ4n) is 5.41. The van der Waals surface area contributed by atoms with Crippen LogP contribution < -0.4 is 5.32 Å². The fraction of sp³-hybridized carbons (Fsp3) is 0.452. The molecule has 1 N–H and O–H groups in total. The smallest absolute Gasteiger partial charge is 0.316 e. The lowest BCUT2D eigenvalue weighted by Crippen LogP contribution is -2.44. The molecule has 0 unspecified atom stereocenters. The molecule has 3 aromatic rings. The minimum absolute atomic E-state index is 0.0379. The molecule has 1 aromatic heterocycles. The van der Waals surface area contributed by atoms with Gasteiger partial charge < -0.3 is 10.2 Å². The van der Waals surface area contributed by atoms with Crippen molar-refractivity contribution < 1.29 is 4.79 Å². The second-order valence-corrected chi connectivity index (χ2v) is 11.6. The van der Waals surface area contributed by atoms with E-state index in [1.54, 1.807) is 11.3 Å². The van der Waals surface area contributed by atoms with Gasteiger partial charge in [-0.15, -0.1) is 11.3 Å². The molecule has 4 heteroatoms. The number of carbonyl (C=O) groups is 1. The summed E-state index contributed by atoms with van der Waals surface area (Å²) < 4.78 is 0. The Morgan fingerprint density at radius 2 is 1.54 bits per heavy atom. The van der Waals surface area contributed by atoms with E-state index >= 15 is 0 Å². The SMILES string of the molecule is Cc1ccsc1CN(C(=O)Nc1c(C(C)C)cccc1C(C)C)C1CCC(c2ccccc2)CC1. The molecule has 35 heavy (non-hydrogen) atoms. The van der Waals surface area contributed by atoms with Gasteiger partial charge in [0.25, 0.3) is 0 Å². The van der Waals surface area contributed by atoms with E-state index in [9.17, 15) is 4.79 Å². The first-order chi connectivity index (χ1) is 16.8. The van der Waals surface area contributed by atoms with Gasteiger partial charge in [-0.25, -0.2) is 4.79 Å². The maximum Gasteiger partial charge on any atom is 0.322 e. The van der Waals surface area contributed by atoms with E-state index in [4.69, 9.17) is 0 Å². The third-order valence-corrected chi connectivity index (χ3v) is 8.56. The van der Waals surface area contributed by atoms with Crippen molar-refractivity contribution in [3.8, 4) is 0 Å². The van der Waals surface area contributed by atoms with Crippen molar-refractivity contribution in [3.63, 3.8) is 0 Å². The number of urea groups is 1. The molecule has 0 atom stereocenters. The molecule has 186 valence electrons. The van der Waals surface area contributed by atoms with Crippen molar-refractivity contribution in [2.24, 2.45) is 0 Å². The largest absolute Gasteiger partial charge is 0.322 e. The zero-order chi connectivity index (χ0) is 24.9. The highest BCUT2D eigenvalue weighted by atomic mass is 32.1. The summed E-state index contributed by atoms with van der Waals surface area (Å²) >= 11 is 1.76. The number of thiophene rings is 1. The molecule has 0 bridgehead atoms. The van der Waals surface area contributed by atoms with E-state index in [1.165, 1.54) is 27.1 Å². The molecule has 1 aliphatic carbocycles. The molecule has 1 fully saturated rings. The van der Waals surface area contributed by atoms with Crippen molar-refractivity contribution in [2.75, 3.05) is 5.32 Å². The Labute approximate surface area is 215 Å². The lowest BCUT2D eigenvalue weighted by Gasteiger charge is -2.37. The number of aryl methyl sites for hydroxylation is 1. The Morgan fingerprint density at radius 3 is 2.09 bits per heavy atom. The van der Waals surface area contributed by atoms with Gasteiger partial charge in [-0.3, -0.25) is 0 Å². The number of benzene rings is 2. The first-order valence-electron chi connectivity index (χ1n) is 13.1. The standard InChI is InChI=1S/C31H40N2OS/c1-21(2)27-12-9-13-28(22(3)4)30(27)32-31(34)33(20-29-23(5)18-19-35-29)26-16-14-25(15-17-26)24-10-7-6-8-11-24/h6-13,18-19,21-22,25-26H,14-17,20H2,1-5H3,(H,32,34). The van der Waals surface area contributed by atoms with Crippen molar-refractivity contribution >= 4 is 23.1 Å². The van der Waals surface area contributed by atoms with E-state index < -0.39 is 0 Å². The lowest BCUT2D eigenvalue weighted by atomic mass is 9.81. The van der Waals surface area contributed by atoms with Crippen LogP contribution in [-0.4, -0.2) is 17.0 Å². The van der Waals surface area contributed by atoms with Crippen LogP contribution in [0.15, 0.2) is 60.0 Å². The minimum atomic E-state index is 0.0379. The zero-order valence-corrected chi connectivity index (χ0v) is 22.7. The number of hydrogen-bond acceptors (Lipinski definition) is 2. The van der Waals surface area contributed by atoms with E-state index in [0.717, 1.165) is 31.4 Å².